The number of para-hydroxylation sites is 1. The summed E-state index contributed by atoms with van der Waals surface area (Å²) in [6, 6.07) is 7.10. The number of anilines is 1. The van der Waals surface area contributed by atoms with Crippen molar-refractivity contribution < 1.29 is 9.53 Å². The maximum atomic E-state index is 11.8. The molecule has 9 heteroatoms. The fourth-order valence-corrected chi connectivity index (χ4v) is 3.87. The van der Waals surface area contributed by atoms with Crippen molar-refractivity contribution in [2.75, 3.05) is 25.1 Å². The molecule has 0 saturated carbocycles. The Morgan fingerprint density at radius 2 is 1.90 bits per heavy atom. The Morgan fingerprint density at radius 3 is 2.66 bits per heavy atom. The summed E-state index contributed by atoms with van der Waals surface area (Å²) in [5.74, 6) is 0.586. The molecule has 0 unspecified atom stereocenters. The largest absolute Gasteiger partial charge is 0.468 e. The van der Waals surface area contributed by atoms with E-state index in [1.165, 1.54) is 13.5 Å². The van der Waals surface area contributed by atoms with Gasteiger partial charge in [-0.25, -0.2) is 0 Å². The summed E-state index contributed by atoms with van der Waals surface area (Å²) in [5.41, 5.74) is 7.81. The van der Waals surface area contributed by atoms with E-state index >= 15 is 0 Å². The van der Waals surface area contributed by atoms with Crippen molar-refractivity contribution >= 4 is 34.4 Å². The highest BCUT2D eigenvalue weighted by molar-refractivity contribution is 6.28. The van der Waals surface area contributed by atoms with Crippen molar-refractivity contribution in [2.45, 2.75) is 31.7 Å². The molecule has 4 rings (SSSR count). The highest BCUT2D eigenvalue weighted by Crippen LogP contribution is 2.26. The van der Waals surface area contributed by atoms with Gasteiger partial charge in [0.15, 0.2) is 0 Å². The van der Waals surface area contributed by atoms with Crippen LogP contribution in [0.3, 0.4) is 0 Å². The van der Waals surface area contributed by atoms with Gasteiger partial charge in [0.25, 0.3) is 0 Å². The van der Waals surface area contributed by atoms with Crippen LogP contribution in [0.25, 0.3) is 16.9 Å². The number of rotatable bonds is 5. The molecule has 1 aromatic carbocycles. The highest BCUT2D eigenvalue weighted by atomic mass is 35.5. The number of halogens is 1. The zero-order valence-corrected chi connectivity index (χ0v) is 17.0. The fraction of sp³-hybridized carbons (Fsp3) is 0.400. The number of carbonyl (C=O) groups excluding carboxylic acids is 1. The minimum Gasteiger partial charge on any atom is -0.468 e. The van der Waals surface area contributed by atoms with Crippen molar-refractivity contribution in [2.24, 2.45) is 5.73 Å². The molecule has 0 amide bonds. The summed E-state index contributed by atoms with van der Waals surface area (Å²) in [6.07, 6.45) is 5.69. The summed E-state index contributed by atoms with van der Waals surface area (Å²) < 4.78 is 6.63. The van der Waals surface area contributed by atoms with Gasteiger partial charge in [-0.15, -0.1) is 0 Å². The molecular formula is C20H23ClN6O2. The quantitative estimate of drug-likeness (QED) is 0.640. The van der Waals surface area contributed by atoms with Gasteiger partial charge in [0.05, 0.1) is 12.6 Å². The number of nitrogens with two attached hydrogens (primary N) is 1. The van der Waals surface area contributed by atoms with Gasteiger partial charge in [0.2, 0.25) is 17.2 Å². The second kappa shape index (κ2) is 8.34. The average molecular weight is 415 g/mol. The van der Waals surface area contributed by atoms with E-state index in [0.29, 0.717) is 18.3 Å². The van der Waals surface area contributed by atoms with E-state index in [-0.39, 0.29) is 5.28 Å². The summed E-state index contributed by atoms with van der Waals surface area (Å²) in [4.78, 5) is 27.3. The molecule has 2 N–H and O–H groups in total. The molecule has 1 aliphatic rings. The Bertz CT molecular complexity index is 1030. The third kappa shape index (κ3) is 4.04. The number of hydrogen-bond donors (Lipinski definition) is 1. The van der Waals surface area contributed by atoms with Crippen LogP contribution in [0, 0.1) is 0 Å². The summed E-state index contributed by atoms with van der Waals surface area (Å²) in [7, 11) is 1.33. The molecule has 0 spiro atoms. The molecule has 3 aromatic rings. The first-order chi connectivity index (χ1) is 14.1. The summed E-state index contributed by atoms with van der Waals surface area (Å²) in [6.45, 7) is 1.82. The van der Waals surface area contributed by atoms with Crippen molar-refractivity contribution in [1.82, 2.24) is 19.5 Å². The number of carbonyl (C=O) groups is 1. The monoisotopic (exact) mass is 414 g/mol. The molecule has 0 radical (unpaired) electrons. The van der Waals surface area contributed by atoms with E-state index in [1.807, 2.05) is 35.0 Å². The standard InChI is InChI=1S/C20H23ClN6O2/c1-29-17(28)15(22)11-13-12-27(16-8-4-3-7-14(13)16)20-24-18(21)23-19(25-20)26-9-5-2-6-10-26/h3-4,7-8,12,15H,2,5-6,9-11,22H2,1H3/t15-/m0/s1. The first-order valence-corrected chi connectivity index (χ1v) is 10.0. The van der Waals surface area contributed by atoms with Gasteiger partial charge in [-0.2, -0.15) is 15.0 Å². The van der Waals surface area contributed by atoms with Gasteiger partial charge in [0, 0.05) is 31.1 Å². The van der Waals surface area contributed by atoms with Crippen molar-refractivity contribution in [3.63, 3.8) is 0 Å². The Hall–Kier alpha value is -2.71. The summed E-state index contributed by atoms with van der Waals surface area (Å²) in [5, 5.41) is 1.13. The van der Waals surface area contributed by atoms with E-state index in [4.69, 9.17) is 22.1 Å². The smallest absolute Gasteiger partial charge is 0.322 e. The topological polar surface area (TPSA) is 99.2 Å². The Kier molecular flexibility index (Phi) is 5.64. The molecule has 1 saturated heterocycles. The van der Waals surface area contributed by atoms with Gasteiger partial charge >= 0.3 is 5.97 Å². The normalized spacial score (nSPS) is 15.5. The second-order valence-corrected chi connectivity index (χ2v) is 7.47. The minimum atomic E-state index is -0.745. The lowest BCUT2D eigenvalue weighted by Gasteiger charge is -2.26. The zero-order valence-electron chi connectivity index (χ0n) is 16.2. The molecule has 1 aliphatic heterocycles. The van der Waals surface area contributed by atoms with Crippen LogP contribution < -0.4 is 10.6 Å². The summed E-state index contributed by atoms with van der Waals surface area (Å²) >= 11 is 6.24. The average Bonchev–Trinajstić information content (AvgIpc) is 3.12. The minimum absolute atomic E-state index is 0.154. The first-order valence-electron chi connectivity index (χ1n) is 9.66. The predicted molar refractivity (Wildman–Crippen MR) is 111 cm³/mol. The van der Waals surface area contributed by atoms with Gasteiger partial charge in [-0.05, 0) is 42.5 Å². The lowest BCUT2D eigenvalue weighted by molar-refractivity contribution is -0.142. The van der Waals surface area contributed by atoms with Crippen molar-refractivity contribution in [1.29, 1.82) is 0 Å². The van der Waals surface area contributed by atoms with E-state index in [0.717, 1.165) is 42.4 Å². The number of fused-ring (bicyclic) bond motifs is 1. The molecule has 1 fully saturated rings. The highest BCUT2D eigenvalue weighted by Gasteiger charge is 2.21. The number of hydrogen-bond acceptors (Lipinski definition) is 7. The van der Waals surface area contributed by atoms with E-state index in [1.54, 1.807) is 0 Å². The number of piperidine rings is 1. The van der Waals surface area contributed by atoms with Crippen LogP contribution >= 0.6 is 11.6 Å². The van der Waals surface area contributed by atoms with Gasteiger partial charge < -0.3 is 15.4 Å². The molecule has 29 heavy (non-hydrogen) atoms. The third-order valence-electron chi connectivity index (χ3n) is 5.18. The molecule has 2 aromatic heterocycles. The first kappa shape index (κ1) is 19.6. The van der Waals surface area contributed by atoms with Crippen LogP contribution in [0.4, 0.5) is 5.95 Å². The number of aromatic nitrogens is 4. The zero-order chi connectivity index (χ0) is 20.4. The molecule has 0 bridgehead atoms. The Balaban J connectivity index is 1.76. The lowest BCUT2D eigenvalue weighted by Crippen LogP contribution is -2.33. The predicted octanol–water partition coefficient (Wildman–Crippen LogP) is 2.50. The SMILES string of the molecule is COC(=O)[C@@H](N)Cc1cn(-c2nc(Cl)nc(N3CCCCC3)n2)c2ccccc12. The van der Waals surface area contributed by atoms with Crippen molar-refractivity contribution in [3.05, 3.63) is 41.3 Å². The van der Waals surface area contributed by atoms with Crippen LogP contribution in [-0.4, -0.2) is 51.7 Å². The van der Waals surface area contributed by atoms with Crippen LogP contribution in [0.1, 0.15) is 24.8 Å². The number of nitrogens with zero attached hydrogens (tertiary/aromatic N) is 5. The van der Waals surface area contributed by atoms with Crippen LogP contribution in [-0.2, 0) is 16.0 Å². The van der Waals surface area contributed by atoms with Crippen molar-refractivity contribution in [3.8, 4) is 5.95 Å². The lowest BCUT2D eigenvalue weighted by atomic mass is 10.1. The van der Waals surface area contributed by atoms with Gasteiger partial charge in [0.1, 0.15) is 6.04 Å². The van der Waals surface area contributed by atoms with E-state index in [9.17, 15) is 4.79 Å². The maximum absolute atomic E-state index is 11.8. The number of benzene rings is 1. The Labute approximate surface area is 173 Å². The Morgan fingerprint density at radius 1 is 1.17 bits per heavy atom. The second-order valence-electron chi connectivity index (χ2n) is 7.13. The molecule has 8 nitrogen and oxygen atoms in total. The number of methoxy groups -OCH3 is 1. The van der Waals surface area contributed by atoms with E-state index < -0.39 is 12.0 Å². The van der Waals surface area contributed by atoms with Gasteiger partial charge in [-0.1, -0.05) is 18.2 Å². The molecule has 1 atom stereocenters. The molecule has 0 aliphatic carbocycles. The third-order valence-corrected chi connectivity index (χ3v) is 5.35. The molecular weight excluding hydrogens is 392 g/mol. The van der Waals surface area contributed by atoms with Gasteiger partial charge in [-0.3, -0.25) is 9.36 Å². The van der Waals surface area contributed by atoms with Crippen LogP contribution in [0.5, 0.6) is 0 Å². The van der Waals surface area contributed by atoms with Crippen LogP contribution in [0.15, 0.2) is 30.5 Å². The number of esters is 1. The molecule has 3 heterocycles. The molecule has 152 valence electrons. The van der Waals surface area contributed by atoms with Crippen LogP contribution in [0.2, 0.25) is 5.28 Å². The maximum Gasteiger partial charge on any atom is 0.322 e. The fourth-order valence-electron chi connectivity index (χ4n) is 3.72. The number of ether oxygens (including phenoxy) is 1. The van der Waals surface area contributed by atoms with E-state index in [2.05, 4.69) is 19.9 Å².